The van der Waals surface area contributed by atoms with Crippen LogP contribution in [-0.2, 0) is 4.79 Å². The summed E-state index contributed by atoms with van der Waals surface area (Å²) in [6, 6.07) is 0.615. The Balaban J connectivity index is 2.26. The summed E-state index contributed by atoms with van der Waals surface area (Å²) in [6.45, 7) is 11.8. The molecule has 0 aromatic rings. The van der Waals surface area contributed by atoms with Gasteiger partial charge in [0.2, 0.25) is 5.91 Å². The highest BCUT2D eigenvalue weighted by atomic mass is 16.2. The smallest absolute Gasteiger partial charge is 0.225 e. The first-order valence-electron chi connectivity index (χ1n) is 8.10. The van der Waals surface area contributed by atoms with E-state index in [4.69, 9.17) is 0 Å². The molecule has 1 heterocycles. The van der Waals surface area contributed by atoms with Crippen LogP contribution in [0.25, 0.3) is 0 Å². The molecule has 0 unspecified atom stereocenters. The maximum absolute atomic E-state index is 12.3. The third-order valence-electron chi connectivity index (χ3n) is 4.30. The fourth-order valence-electron chi connectivity index (χ4n) is 2.78. The lowest BCUT2D eigenvalue weighted by atomic mass is 9.98. The lowest BCUT2D eigenvalue weighted by Gasteiger charge is -2.34. The minimum Gasteiger partial charge on any atom is -0.342 e. The number of nitrogens with one attached hydrogen (secondary N) is 1. The Labute approximate surface area is 119 Å². The van der Waals surface area contributed by atoms with Crippen LogP contribution in [0.1, 0.15) is 59.8 Å². The maximum Gasteiger partial charge on any atom is 0.225 e. The van der Waals surface area contributed by atoms with Gasteiger partial charge in [-0.05, 0) is 44.6 Å². The summed E-state index contributed by atoms with van der Waals surface area (Å²) in [7, 11) is 0. The van der Waals surface area contributed by atoms with E-state index in [0.717, 1.165) is 51.2 Å². The van der Waals surface area contributed by atoms with Crippen molar-refractivity contribution >= 4 is 5.91 Å². The van der Waals surface area contributed by atoms with Crippen LogP contribution in [0, 0.1) is 11.8 Å². The van der Waals surface area contributed by atoms with E-state index in [0.29, 0.717) is 11.9 Å². The molecule has 3 heteroatoms. The molecule has 0 aromatic carbocycles. The van der Waals surface area contributed by atoms with Crippen LogP contribution in [0.2, 0.25) is 0 Å². The first-order chi connectivity index (χ1) is 9.08. The van der Waals surface area contributed by atoms with E-state index in [1.165, 1.54) is 6.42 Å². The molecule has 1 saturated heterocycles. The van der Waals surface area contributed by atoms with Gasteiger partial charge in [-0.15, -0.1) is 0 Å². The third kappa shape index (κ3) is 5.52. The number of hydrogen-bond acceptors (Lipinski definition) is 2. The summed E-state index contributed by atoms with van der Waals surface area (Å²) in [4.78, 5) is 14.4. The Kier molecular flexibility index (Phi) is 7.44. The highest BCUT2D eigenvalue weighted by Gasteiger charge is 2.26. The molecule has 1 N–H and O–H groups in total. The number of piperidine rings is 1. The lowest BCUT2D eigenvalue weighted by molar-refractivity contribution is -0.136. The van der Waals surface area contributed by atoms with Gasteiger partial charge in [-0.1, -0.05) is 27.7 Å². The SMILES string of the molecule is CCC(CC)C(=O)N1CCC(NCCC(C)C)CC1. The van der Waals surface area contributed by atoms with Gasteiger partial charge < -0.3 is 10.2 Å². The van der Waals surface area contributed by atoms with Crippen molar-refractivity contribution in [3.8, 4) is 0 Å². The van der Waals surface area contributed by atoms with E-state index >= 15 is 0 Å². The van der Waals surface area contributed by atoms with Crippen molar-refractivity contribution in [2.24, 2.45) is 11.8 Å². The molecular formula is C16H32N2O. The van der Waals surface area contributed by atoms with Crippen molar-refractivity contribution in [2.45, 2.75) is 65.8 Å². The minimum atomic E-state index is 0.241. The van der Waals surface area contributed by atoms with Gasteiger partial charge >= 0.3 is 0 Å². The second-order valence-corrected chi connectivity index (χ2v) is 6.25. The number of carbonyl (C=O) groups excluding carboxylic acids is 1. The molecule has 1 fully saturated rings. The van der Waals surface area contributed by atoms with Crippen LogP contribution in [0.5, 0.6) is 0 Å². The van der Waals surface area contributed by atoms with Crippen LogP contribution in [0.15, 0.2) is 0 Å². The van der Waals surface area contributed by atoms with Crippen LogP contribution >= 0.6 is 0 Å². The van der Waals surface area contributed by atoms with E-state index in [1.54, 1.807) is 0 Å². The molecule has 0 bridgehead atoms. The predicted octanol–water partition coefficient (Wildman–Crippen LogP) is 3.05. The van der Waals surface area contributed by atoms with Crippen molar-refractivity contribution < 1.29 is 4.79 Å². The molecule has 112 valence electrons. The summed E-state index contributed by atoms with van der Waals surface area (Å²) >= 11 is 0. The van der Waals surface area contributed by atoms with E-state index in [2.05, 4.69) is 37.9 Å². The number of carbonyl (C=O) groups is 1. The zero-order valence-electron chi connectivity index (χ0n) is 13.2. The van der Waals surface area contributed by atoms with E-state index in [9.17, 15) is 4.79 Å². The van der Waals surface area contributed by atoms with Crippen molar-refractivity contribution in [3.63, 3.8) is 0 Å². The number of amides is 1. The molecule has 3 nitrogen and oxygen atoms in total. The van der Waals surface area contributed by atoms with Crippen molar-refractivity contribution in [3.05, 3.63) is 0 Å². The topological polar surface area (TPSA) is 32.3 Å². The standard InChI is InChI=1S/C16H32N2O/c1-5-14(6-2)16(19)18-11-8-15(9-12-18)17-10-7-13(3)4/h13-15,17H,5-12H2,1-4H3. The Bertz CT molecular complexity index is 253. The van der Waals surface area contributed by atoms with Gasteiger partial charge in [0.15, 0.2) is 0 Å². The van der Waals surface area contributed by atoms with Gasteiger partial charge in [-0.3, -0.25) is 4.79 Å². The Morgan fingerprint density at radius 3 is 2.26 bits per heavy atom. The molecule has 19 heavy (non-hydrogen) atoms. The maximum atomic E-state index is 12.3. The van der Waals surface area contributed by atoms with Gasteiger partial charge in [0.05, 0.1) is 0 Å². The molecule has 0 aromatic heterocycles. The summed E-state index contributed by atoms with van der Waals surface area (Å²) < 4.78 is 0. The molecular weight excluding hydrogens is 236 g/mol. The van der Waals surface area contributed by atoms with Gasteiger partial charge in [-0.2, -0.15) is 0 Å². The number of likely N-dealkylation sites (tertiary alicyclic amines) is 1. The minimum absolute atomic E-state index is 0.241. The average molecular weight is 268 g/mol. The third-order valence-corrected chi connectivity index (χ3v) is 4.30. The number of nitrogens with zero attached hydrogens (tertiary/aromatic N) is 1. The lowest BCUT2D eigenvalue weighted by Crippen LogP contribution is -2.46. The second-order valence-electron chi connectivity index (χ2n) is 6.25. The molecule has 0 radical (unpaired) electrons. The van der Waals surface area contributed by atoms with E-state index in [-0.39, 0.29) is 5.92 Å². The quantitative estimate of drug-likeness (QED) is 0.769. The molecule has 1 rings (SSSR count). The normalized spacial score (nSPS) is 17.5. The number of rotatable bonds is 7. The Morgan fingerprint density at radius 1 is 1.21 bits per heavy atom. The number of hydrogen-bond donors (Lipinski definition) is 1. The van der Waals surface area contributed by atoms with E-state index < -0.39 is 0 Å². The van der Waals surface area contributed by atoms with Crippen LogP contribution in [0.4, 0.5) is 0 Å². The molecule has 0 saturated carbocycles. The van der Waals surface area contributed by atoms with Gasteiger partial charge in [0.1, 0.15) is 0 Å². The first kappa shape index (κ1) is 16.5. The zero-order valence-corrected chi connectivity index (χ0v) is 13.2. The van der Waals surface area contributed by atoms with E-state index in [1.807, 2.05) is 0 Å². The van der Waals surface area contributed by atoms with Crippen LogP contribution in [-0.4, -0.2) is 36.5 Å². The monoisotopic (exact) mass is 268 g/mol. The predicted molar refractivity (Wildman–Crippen MR) is 81.1 cm³/mol. The molecule has 0 spiro atoms. The summed E-state index contributed by atoms with van der Waals surface area (Å²) in [5.74, 6) is 1.39. The molecule has 0 aliphatic carbocycles. The Hall–Kier alpha value is -0.570. The molecule has 1 aliphatic rings. The van der Waals surface area contributed by atoms with Gasteiger partial charge in [-0.25, -0.2) is 0 Å². The van der Waals surface area contributed by atoms with Crippen LogP contribution < -0.4 is 5.32 Å². The highest BCUT2D eigenvalue weighted by Crippen LogP contribution is 2.17. The first-order valence-corrected chi connectivity index (χ1v) is 8.10. The van der Waals surface area contributed by atoms with Crippen molar-refractivity contribution in [1.29, 1.82) is 0 Å². The average Bonchev–Trinajstić information content (AvgIpc) is 2.40. The highest BCUT2D eigenvalue weighted by molar-refractivity contribution is 5.78. The summed E-state index contributed by atoms with van der Waals surface area (Å²) in [6.07, 6.45) is 5.42. The zero-order chi connectivity index (χ0) is 14.3. The largest absolute Gasteiger partial charge is 0.342 e. The van der Waals surface area contributed by atoms with Gasteiger partial charge in [0.25, 0.3) is 0 Å². The fourth-order valence-corrected chi connectivity index (χ4v) is 2.78. The summed E-state index contributed by atoms with van der Waals surface area (Å²) in [5, 5.41) is 3.63. The molecule has 0 atom stereocenters. The van der Waals surface area contributed by atoms with Crippen LogP contribution in [0.3, 0.4) is 0 Å². The van der Waals surface area contributed by atoms with Crippen molar-refractivity contribution in [1.82, 2.24) is 10.2 Å². The Morgan fingerprint density at radius 2 is 1.79 bits per heavy atom. The summed E-state index contributed by atoms with van der Waals surface area (Å²) in [5.41, 5.74) is 0. The van der Waals surface area contributed by atoms with Gasteiger partial charge in [0, 0.05) is 25.0 Å². The fraction of sp³-hybridized carbons (Fsp3) is 0.938. The molecule has 1 amide bonds. The second kappa shape index (κ2) is 8.57. The van der Waals surface area contributed by atoms with Crippen molar-refractivity contribution in [2.75, 3.05) is 19.6 Å². The molecule has 1 aliphatic heterocycles.